The number of rotatable bonds is 3. The number of fused-ring (bicyclic) bond motifs is 9. The van der Waals surface area contributed by atoms with Crippen molar-refractivity contribution in [3.8, 4) is 27.9 Å². The summed E-state index contributed by atoms with van der Waals surface area (Å²) in [6, 6.07) is 54.7. The minimum atomic E-state index is 0.925. The average Bonchev–Trinajstić information content (AvgIpc) is 3.78. The maximum Gasteiger partial charge on any atom is 0.143 e. The lowest BCUT2D eigenvalue weighted by Gasteiger charge is -2.10. The van der Waals surface area contributed by atoms with E-state index in [1.54, 1.807) is 0 Å². The van der Waals surface area contributed by atoms with E-state index in [2.05, 4.69) is 144 Å². The lowest BCUT2D eigenvalue weighted by atomic mass is 10.0. The van der Waals surface area contributed by atoms with E-state index in [0.29, 0.717) is 0 Å². The van der Waals surface area contributed by atoms with Crippen molar-refractivity contribution in [2.45, 2.75) is 0 Å². The number of thiophene rings is 1. The van der Waals surface area contributed by atoms with Gasteiger partial charge in [-0.15, -0.1) is 11.3 Å². The fraction of sp³-hybridized carbons (Fsp3) is 0. The molecule has 0 saturated carbocycles. The van der Waals surface area contributed by atoms with Crippen LogP contribution in [0, 0.1) is 0 Å². The number of furan rings is 1. The Bertz CT molecular complexity index is 2760. The first-order chi connectivity index (χ1) is 22.3. The first-order valence-corrected chi connectivity index (χ1v) is 16.1. The van der Waals surface area contributed by atoms with Crippen LogP contribution in [-0.2, 0) is 0 Å². The van der Waals surface area contributed by atoms with Crippen molar-refractivity contribution in [1.29, 1.82) is 0 Å². The third-order valence-corrected chi connectivity index (χ3v) is 10.4. The number of hydrogen-bond donors (Lipinski definition) is 0. The molecule has 0 N–H and O–H groups in total. The summed E-state index contributed by atoms with van der Waals surface area (Å²) in [6.45, 7) is 0. The summed E-state index contributed by atoms with van der Waals surface area (Å²) < 4.78 is 11.4. The van der Waals surface area contributed by atoms with Crippen LogP contribution in [0.2, 0.25) is 0 Å². The van der Waals surface area contributed by atoms with E-state index in [1.807, 2.05) is 23.5 Å². The average molecular weight is 592 g/mol. The van der Waals surface area contributed by atoms with Crippen LogP contribution < -0.4 is 0 Å². The molecule has 3 heterocycles. The molecule has 3 heteroatoms. The summed E-state index contributed by atoms with van der Waals surface area (Å²) in [4.78, 5) is 0. The second-order valence-electron chi connectivity index (χ2n) is 11.7. The molecular weight excluding hydrogens is 567 g/mol. The number of benzene rings is 7. The van der Waals surface area contributed by atoms with Gasteiger partial charge in [0.05, 0.1) is 21.4 Å². The molecule has 0 atom stereocenters. The highest BCUT2D eigenvalue weighted by atomic mass is 32.1. The third kappa shape index (κ3) is 3.62. The Labute approximate surface area is 263 Å². The van der Waals surface area contributed by atoms with E-state index >= 15 is 0 Å². The standard InChI is InChI=1S/C42H25NOS/c1-2-10-26(11-3-1)27-20-22-37-34(24-27)30-12-4-6-17-36(30)43(37)38-18-9-16-33-35-25-28(21-23-40(35)45-42(33)38)29-14-8-15-32-31-13-5-7-19-39(31)44-41(29)32/h1-25H. The van der Waals surface area contributed by atoms with Crippen molar-refractivity contribution < 1.29 is 4.42 Å². The molecule has 0 aliphatic heterocycles. The minimum absolute atomic E-state index is 0.925. The highest BCUT2D eigenvalue weighted by Crippen LogP contribution is 2.43. The van der Waals surface area contributed by atoms with Crippen molar-refractivity contribution in [3.63, 3.8) is 0 Å². The van der Waals surface area contributed by atoms with Gasteiger partial charge in [0.1, 0.15) is 11.2 Å². The highest BCUT2D eigenvalue weighted by molar-refractivity contribution is 7.26. The van der Waals surface area contributed by atoms with Crippen LogP contribution in [0.3, 0.4) is 0 Å². The maximum absolute atomic E-state index is 6.40. The van der Waals surface area contributed by atoms with Gasteiger partial charge in [0.25, 0.3) is 0 Å². The maximum atomic E-state index is 6.40. The first-order valence-electron chi connectivity index (χ1n) is 15.3. The van der Waals surface area contributed by atoms with Gasteiger partial charge in [-0.3, -0.25) is 0 Å². The van der Waals surface area contributed by atoms with Crippen molar-refractivity contribution in [2.24, 2.45) is 0 Å². The van der Waals surface area contributed by atoms with E-state index in [0.717, 1.165) is 27.5 Å². The molecule has 10 aromatic rings. The zero-order chi connectivity index (χ0) is 29.5. The molecule has 0 spiro atoms. The Morgan fingerprint density at radius 1 is 0.444 bits per heavy atom. The Balaban J connectivity index is 1.19. The lowest BCUT2D eigenvalue weighted by molar-refractivity contribution is 0.670. The van der Waals surface area contributed by atoms with Crippen molar-refractivity contribution in [3.05, 3.63) is 152 Å². The third-order valence-electron chi connectivity index (χ3n) is 9.21. The second kappa shape index (κ2) is 9.43. The van der Waals surface area contributed by atoms with Gasteiger partial charge < -0.3 is 8.98 Å². The quantitative estimate of drug-likeness (QED) is 0.200. The molecule has 0 bridgehead atoms. The molecule has 2 nitrogen and oxygen atoms in total. The number of para-hydroxylation sites is 3. The minimum Gasteiger partial charge on any atom is -0.455 e. The summed E-state index contributed by atoms with van der Waals surface area (Å²) in [5.74, 6) is 0. The smallest absolute Gasteiger partial charge is 0.143 e. The highest BCUT2D eigenvalue weighted by Gasteiger charge is 2.18. The molecule has 10 rings (SSSR count). The van der Waals surface area contributed by atoms with Crippen LogP contribution in [0.15, 0.2) is 156 Å². The van der Waals surface area contributed by atoms with Crippen LogP contribution in [0.1, 0.15) is 0 Å². The van der Waals surface area contributed by atoms with Gasteiger partial charge in [-0.1, -0.05) is 109 Å². The van der Waals surface area contributed by atoms with Crippen molar-refractivity contribution in [1.82, 2.24) is 4.57 Å². The van der Waals surface area contributed by atoms with Gasteiger partial charge in [-0.2, -0.15) is 0 Å². The van der Waals surface area contributed by atoms with E-state index in [9.17, 15) is 0 Å². The van der Waals surface area contributed by atoms with Crippen LogP contribution in [0.25, 0.3) is 91.9 Å². The predicted molar refractivity (Wildman–Crippen MR) is 192 cm³/mol. The monoisotopic (exact) mass is 591 g/mol. The van der Waals surface area contributed by atoms with E-state index in [4.69, 9.17) is 4.42 Å². The fourth-order valence-electron chi connectivity index (χ4n) is 7.14. The SMILES string of the molecule is c1ccc(-c2ccc3c(c2)c2ccccc2n3-c2cccc3c2sc2ccc(-c4cccc5c4oc4ccccc45)cc23)cc1. The Hall–Kier alpha value is -5.64. The predicted octanol–water partition coefficient (Wildman–Crippen LogP) is 12.4. The normalized spacial score (nSPS) is 12.0. The first kappa shape index (κ1) is 24.8. The molecule has 3 aromatic heterocycles. The molecule has 45 heavy (non-hydrogen) atoms. The van der Waals surface area contributed by atoms with E-state index in [-0.39, 0.29) is 0 Å². The fourth-order valence-corrected chi connectivity index (χ4v) is 8.33. The zero-order valence-corrected chi connectivity index (χ0v) is 25.0. The van der Waals surface area contributed by atoms with E-state index in [1.165, 1.54) is 64.4 Å². The molecule has 210 valence electrons. The van der Waals surface area contributed by atoms with Gasteiger partial charge in [0.15, 0.2) is 0 Å². The molecule has 0 aliphatic rings. The van der Waals surface area contributed by atoms with Gasteiger partial charge in [-0.25, -0.2) is 0 Å². The topological polar surface area (TPSA) is 18.1 Å². The Morgan fingerprint density at radius 2 is 1.16 bits per heavy atom. The molecule has 7 aromatic carbocycles. The lowest BCUT2D eigenvalue weighted by Crippen LogP contribution is -1.93. The molecular formula is C42H25NOS. The van der Waals surface area contributed by atoms with Gasteiger partial charge >= 0.3 is 0 Å². The molecule has 0 aliphatic carbocycles. The van der Waals surface area contributed by atoms with Gasteiger partial charge in [0, 0.05) is 42.6 Å². The largest absolute Gasteiger partial charge is 0.455 e. The zero-order valence-electron chi connectivity index (χ0n) is 24.2. The van der Waals surface area contributed by atoms with Crippen LogP contribution in [-0.4, -0.2) is 4.57 Å². The summed E-state index contributed by atoms with van der Waals surface area (Å²) in [7, 11) is 0. The van der Waals surface area contributed by atoms with Crippen molar-refractivity contribution in [2.75, 3.05) is 0 Å². The van der Waals surface area contributed by atoms with Crippen LogP contribution >= 0.6 is 11.3 Å². The summed E-state index contributed by atoms with van der Waals surface area (Å²) in [5, 5.41) is 7.40. The summed E-state index contributed by atoms with van der Waals surface area (Å²) in [6.07, 6.45) is 0. The van der Waals surface area contributed by atoms with E-state index < -0.39 is 0 Å². The number of nitrogens with zero attached hydrogens (tertiary/aromatic N) is 1. The van der Waals surface area contributed by atoms with Crippen LogP contribution in [0.4, 0.5) is 0 Å². The Kier molecular flexibility index (Phi) is 5.19. The van der Waals surface area contributed by atoms with Gasteiger partial charge in [-0.05, 0) is 59.2 Å². The number of hydrogen-bond acceptors (Lipinski definition) is 2. The molecule has 0 unspecified atom stereocenters. The molecule has 0 saturated heterocycles. The molecule has 0 radical (unpaired) electrons. The summed E-state index contributed by atoms with van der Waals surface area (Å²) in [5.41, 5.74) is 10.3. The molecule has 0 fully saturated rings. The summed E-state index contributed by atoms with van der Waals surface area (Å²) >= 11 is 1.87. The van der Waals surface area contributed by atoms with Gasteiger partial charge in [0.2, 0.25) is 0 Å². The van der Waals surface area contributed by atoms with Crippen molar-refractivity contribution >= 4 is 75.3 Å². The van der Waals surface area contributed by atoms with Crippen LogP contribution in [0.5, 0.6) is 0 Å². The molecule has 0 amide bonds. The second-order valence-corrected chi connectivity index (χ2v) is 12.8. The Morgan fingerprint density at radius 3 is 2.09 bits per heavy atom. The number of aromatic nitrogens is 1.